The Hall–Kier alpha value is -2.55. The molecule has 3 saturated heterocycles. The van der Waals surface area contributed by atoms with Crippen molar-refractivity contribution in [3.05, 3.63) is 29.8 Å². The number of anilines is 1. The summed E-state index contributed by atoms with van der Waals surface area (Å²) in [4.78, 5) is 28.1. The van der Waals surface area contributed by atoms with Crippen LogP contribution >= 0.6 is 0 Å². The van der Waals surface area contributed by atoms with Gasteiger partial charge in [-0.25, -0.2) is 27.5 Å². The SMILES string of the molecule is O=C(OC1CCOC1)N1CCC(CS(=O)(=O)N2CCN(c3cc(F)ccc3F)CC2)(C(=O)NO)CC1. The molecular weight excluding hydrogens is 502 g/mol. The van der Waals surface area contributed by atoms with Gasteiger partial charge in [0.15, 0.2) is 0 Å². The molecule has 36 heavy (non-hydrogen) atoms. The number of sulfonamides is 1. The van der Waals surface area contributed by atoms with Gasteiger partial charge in [0, 0.05) is 51.8 Å². The van der Waals surface area contributed by atoms with E-state index in [1.165, 1.54) is 9.21 Å². The molecule has 1 aromatic rings. The Kier molecular flexibility index (Phi) is 7.97. The van der Waals surface area contributed by atoms with E-state index in [2.05, 4.69) is 0 Å². The highest BCUT2D eigenvalue weighted by atomic mass is 32.2. The lowest BCUT2D eigenvalue weighted by Crippen LogP contribution is -2.56. The monoisotopic (exact) mass is 532 g/mol. The van der Waals surface area contributed by atoms with Crippen LogP contribution in [0.2, 0.25) is 0 Å². The number of hydrogen-bond donors (Lipinski definition) is 2. The van der Waals surface area contributed by atoms with Gasteiger partial charge in [0.2, 0.25) is 10.0 Å². The second-order valence-electron chi connectivity index (χ2n) is 9.32. The summed E-state index contributed by atoms with van der Waals surface area (Å²) in [6, 6.07) is 3.10. The highest BCUT2D eigenvalue weighted by Crippen LogP contribution is 2.35. The lowest BCUT2D eigenvalue weighted by Gasteiger charge is -2.41. The number of piperazine rings is 1. The van der Waals surface area contributed by atoms with Crippen molar-refractivity contribution in [1.29, 1.82) is 0 Å². The van der Waals surface area contributed by atoms with Gasteiger partial charge in [0.05, 0.1) is 30.1 Å². The van der Waals surface area contributed by atoms with Crippen LogP contribution in [-0.4, -0.2) is 99.2 Å². The average molecular weight is 533 g/mol. The summed E-state index contributed by atoms with van der Waals surface area (Å²) in [6.45, 7) is 1.35. The van der Waals surface area contributed by atoms with Gasteiger partial charge in [-0.05, 0) is 25.0 Å². The van der Waals surface area contributed by atoms with Crippen molar-refractivity contribution < 1.29 is 41.5 Å². The molecule has 0 bridgehead atoms. The zero-order valence-electron chi connectivity index (χ0n) is 19.7. The number of ether oxygens (including phenoxy) is 2. The van der Waals surface area contributed by atoms with Crippen molar-refractivity contribution >= 4 is 27.7 Å². The first-order valence-electron chi connectivity index (χ1n) is 11.8. The second-order valence-corrected chi connectivity index (χ2v) is 11.3. The number of hydrogen-bond acceptors (Lipinski definition) is 8. The Morgan fingerprint density at radius 2 is 1.83 bits per heavy atom. The maximum absolute atomic E-state index is 14.1. The van der Waals surface area contributed by atoms with E-state index >= 15 is 0 Å². The molecule has 0 aromatic heterocycles. The van der Waals surface area contributed by atoms with Crippen molar-refractivity contribution in [2.45, 2.75) is 25.4 Å². The normalized spacial score (nSPS) is 22.9. The average Bonchev–Trinajstić information content (AvgIpc) is 3.38. The molecule has 0 aliphatic carbocycles. The first-order valence-corrected chi connectivity index (χ1v) is 13.4. The van der Waals surface area contributed by atoms with Gasteiger partial charge in [-0.15, -0.1) is 0 Å². The number of likely N-dealkylation sites (tertiary alicyclic amines) is 1. The second kappa shape index (κ2) is 10.8. The van der Waals surface area contributed by atoms with Crippen molar-refractivity contribution in [1.82, 2.24) is 14.7 Å². The van der Waals surface area contributed by atoms with Crippen LogP contribution in [0, 0.1) is 17.0 Å². The van der Waals surface area contributed by atoms with E-state index < -0.39 is 44.8 Å². The number of hydroxylamine groups is 1. The Bertz CT molecular complexity index is 1070. The zero-order chi connectivity index (χ0) is 25.9. The van der Waals surface area contributed by atoms with Crippen molar-refractivity contribution in [3.8, 4) is 0 Å². The fraction of sp³-hybridized carbons (Fsp3) is 0.636. The minimum absolute atomic E-state index is 0.0172. The summed E-state index contributed by atoms with van der Waals surface area (Å²) < 4.78 is 66.1. The van der Waals surface area contributed by atoms with Gasteiger partial charge in [-0.2, -0.15) is 4.31 Å². The van der Waals surface area contributed by atoms with Crippen LogP contribution in [0.1, 0.15) is 19.3 Å². The fourth-order valence-corrected chi connectivity index (χ4v) is 6.89. The van der Waals surface area contributed by atoms with Crippen LogP contribution in [0.15, 0.2) is 18.2 Å². The minimum atomic E-state index is -3.96. The topological polar surface area (TPSA) is 129 Å². The lowest BCUT2D eigenvalue weighted by molar-refractivity contribution is -0.141. The molecule has 200 valence electrons. The van der Waals surface area contributed by atoms with Crippen LogP contribution in [0.4, 0.5) is 19.3 Å². The van der Waals surface area contributed by atoms with Gasteiger partial charge < -0.3 is 19.3 Å². The number of carbonyl (C=O) groups excluding carboxylic acids is 2. The van der Waals surface area contributed by atoms with E-state index in [-0.39, 0.29) is 63.9 Å². The maximum atomic E-state index is 14.1. The Morgan fingerprint density at radius 3 is 2.44 bits per heavy atom. The van der Waals surface area contributed by atoms with Crippen LogP contribution < -0.4 is 10.4 Å². The predicted octanol–water partition coefficient (Wildman–Crippen LogP) is 0.930. The van der Waals surface area contributed by atoms with E-state index in [0.717, 1.165) is 18.2 Å². The van der Waals surface area contributed by atoms with Gasteiger partial charge in [-0.1, -0.05) is 0 Å². The van der Waals surface area contributed by atoms with Crippen molar-refractivity contribution in [2.24, 2.45) is 5.41 Å². The number of amides is 2. The Labute approximate surface area is 207 Å². The van der Waals surface area contributed by atoms with Crippen LogP contribution in [0.25, 0.3) is 0 Å². The number of halogens is 2. The molecule has 0 spiro atoms. The van der Waals surface area contributed by atoms with Crippen LogP contribution in [-0.2, 0) is 24.3 Å². The third-order valence-corrected chi connectivity index (χ3v) is 9.13. The van der Waals surface area contributed by atoms with Crippen molar-refractivity contribution in [3.63, 3.8) is 0 Å². The zero-order valence-corrected chi connectivity index (χ0v) is 20.5. The van der Waals surface area contributed by atoms with Crippen LogP contribution in [0.5, 0.6) is 0 Å². The van der Waals surface area contributed by atoms with Gasteiger partial charge >= 0.3 is 6.09 Å². The summed E-state index contributed by atoms with van der Waals surface area (Å²) >= 11 is 0. The molecule has 2 amide bonds. The summed E-state index contributed by atoms with van der Waals surface area (Å²) in [5.41, 5.74) is 0.209. The summed E-state index contributed by atoms with van der Waals surface area (Å²) in [6.07, 6.45) is -0.238. The predicted molar refractivity (Wildman–Crippen MR) is 123 cm³/mol. The molecule has 3 fully saturated rings. The maximum Gasteiger partial charge on any atom is 0.410 e. The fourth-order valence-electron chi connectivity index (χ4n) is 4.87. The minimum Gasteiger partial charge on any atom is -0.444 e. The number of nitrogens with zero attached hydrogens (tertiary/aromatic N) is 3. The Balaban J connectivity index is 1.38. The van der Waals surface area contributed by atoms with Crippen molar-refractivity contribution in [2.75, 3.05) is 63.1 Å². The Morgan fingerprint density at radius 1 is 1.14 bits per heavy atom. The standard InChI is InChI=1S/C22H30F2N4O7S/c23-16-1-2-18(24)19(13-16)26-8-10-28(11-9-26)36(32,33)15-22(20(29)25-31)4-6-27(7-5-22)21(30)35-17-3-12-34-14-17/h1-2,13,17,31H,3-12,14-15H2,(H,25,29). The number of piperidine rings is 1. The summed E-state index contributed by atoms with van der Waals surface area (Å²) in [5.74, 6) is -2.58. The molecule has 3 heterocycles. The number of carbonyl (C=O) groups is 2. The number of rotatable bonds is 6. The van der Waals surface area contributed by atoms with Gasteiger partial charge in [0.1, 0.15) is 17.7 Å². The summed E-state index contributed by atoms with van der Waals surface area (Å²) in [5, 5.41) is 9.33. The van der Waals surface area contributed by atoms with Gasteiger partial charge in [-0.3, -0.25) is 10.0 Å². The number of benzene rings is 1. The largest absolute Gasteiger partial charge is 0.444 e. The van der Waals surface area contributed by atoms with E-state index in [9.17, 15) is 32.0 Å². The third kappa shape index (κ3) is 5.71. The quantitative estimate of drug-likeness (QED) is 0.409. The van der Waals surface area contributed by atoms with Gasteiger partial charge in [0.25, 0.3) is 5.91 Å². The molecule has 4 rings (SSSR count). The number of nitrogens with one attached hydrogen (secondary N) is 1. The molecule has 14 heteroatoms. The molecular formula is C22H30F2N4O7S. The molecule has 1 unspecified atom stereocenters. The molecule has 0 saturated carbocycles. The lowest BCUT2D eigenvalue weighted by atomic mass is 9.79. The molecule has 3 aliphatic heterocycles. The van der Waals surface area contributed by atoms with Crippen LogP contribution in [0.3, 0.4) is 0 Å². The summed E-state index contributed by atoms with van der Waals surface area (Å²) in [7, 11) is -3.96. The van der Waals surface area contributed by atoms with E-state index in [4.69, 9.17) is 9.47 Å². The highest BCUT2D eigenvalue weighted by Gasteiger charge is 2.47. The highest BCUT2D eigenvalue weighted by molar-refractivity contribution is 7.89. The first-order chi connectivity index (χ1) is 17.1. The van der Waals surface area contributed by atoms with E-state index in [0.29, 0.717) is 19.6 Å². The molecule has 3 aliphatic rings. The molecule has 0 radical (unpaired) electrons. The molecule has 1 aromatic carbocycles. The smallest absolute Gasteiger partial charge is 0.410 e. The molecule has 2 N–H and O–H groups in total. The first kappa shape index (κ1) is 26.5. The molecule has 11 nitrogen and oxygen atoms in total. The van der Waals surface area contributed by atoms with E-state index in [1.807, 2.05) is 0 Å². The third-order valence-electron chi connectivity index (χ3n) is 7.06. The molecule has 1 atom stereocenters. The van der Waals surface area contributed by atoms with E-state index in [1.54, 1.807) is 10.4 Å².